The molecule has 1 saturated heterocycles. The highest BCUT2D eigenvalue weighted by Crippen LogP contribution is 2.48. The number of rotatable bonds is 4. The van der Waals surface area contributed by atoms with Crippen LogP contribution in [0.25, 0.3) is 10.9 Å². The summed E-state index contributed by atoms with van der Waals surface area (Å²) in [6, 6.07) is 9.69. The van der Waals surface area contributed by atoms with Crippen molar-refractivity contribution in [3.05, 3.63) is 54.7 Å². The molecule has 2 aliphatic rings. The number of hydrogen-bond acceptors (Lipinski definition) is 4. The molecule has 0 unspecified atom stereocenters. The maximum absolute atomic E-state index is 13.2. The molecule has 1 aromatic heterocycles. The van der Waals surface area contributed by atoms with Gasteiger partial charge in [-0.1, -0.05) is 24.3 Å². The van der Waals surface area contributed by atoms with E-state index in [1.54, 1.807) is 24.3 Å². The van der Waals surface area contributed by atoms with Crippen molar-refractivity contribution in [2.75, 3.05) is 10.6 Å². The van der Waals surface area contributed by atoms with E-state index >= 15 is 0 Å². The lowest BCUT2D eigenvalue weighted by Gasteiger charge is -2.27. The molecule has 9 nitrogen and oxygen atoms in total. The average Bonchev–Trinajstić information content (AvgIpc) is 3.28. The van der Waals surface area contributed by atoms with Crippen LogP contribution in [0.1, 0.15) is 12.8 Å². The molecule has 0 bridgehead atoms. The molecule has 2 aromatic carbocycles. The van der Waals surface area contributed by atoms with Gasteiger partial charge in [0.1, 0.15) is 11.8 Å². The maximum Gasteiger partial charge on any atom is 0.573 e. The summed E-state index contributed by atoms with van der Waals surface area (Å²) in [5, 5.41) is 5.96. The number of benzene rings is 2. The minimum Gasteiger partial charge on any atom is -0.406 e. The second-order valence-corrected chi connectivity index (χ2v) is 8.49. The van der Waals surface area contributed by atoms with E-state index in [4.69, 9.17) is 5.73 Å². The number of amides is 4. The van der Waals surface area contributed by atoms with Crippen molar-refractivity contribution in [1.82, 2.24) is 9.47 Å². The molecule has 2 heterocycles. The number of primary amides is 1. The highest BCUT2D eigenvalue weighted by atomic mass is 19.4. The Balaban J connectivity index is 1.33. The average molecular weight is 487 g/mol. The molecule has 4 N–H and O–H groups in total. The number of carbonyl (C=O) groups excluding carboxylic acids is 3. The first kappa shape index (κ1) is 22.6. The minimum atomic E-state index is -4.86. The molecular weight excluding hydrogens is 467 g/mol. The van der Waals surface area contributed by atoms with E-state index in [0.29, 0.717) is 23.0 Å². The van der Waals surface area contributed by atoms with E-state index in [-0.39, 0.29) is 17.6 Å². The Morgan fingerprint density at radius 2 is 1.80 bits per heavy atom. The second-order valence-electron chi connectivity index (χ2n) is 8.49. The molecule has 3 aromatic rings. The van der Waals surface area contributed by atoms with E-state index < -0.39 is 36.1 Å². The number of aromatic nitrogens is 1. The number of para-hydroxylation sites is 1. The Morgan fingerprint density at radius 1 is 1.03 bits per heavy atom. The summed E-state index contributed by atoms with van der Waals surface area (Å²) >= 11 is 0. The van der Waals surface area contributed by atoms with E-state index in [0.717, 1.165) is 18.6 Å². The Morgan fingerprint density at radius 3 is 2.54 bits per heavy atom. The zero-order chi connectivity index (χ0) is 24.9. The molecule has 1 saturated carbocycles. The molecular formula is C23H20F3N5O4. The number of likely N-dealkylation sites (tertiary alicyclic amines) is 1. The highest BCUT2D eigenvalue weighted by molar-refractivity contribution is 6.06. The lowest BCUT2D eigenvalue weighted by atomic mass is 10.1. The largest absolute Gasteiger partial charge is 0.573 e. The number of nitrogens with one attached hydrogen (secondary N) is 2. The van der Waals surface area contributed by atoms with Gasteiger partial charge in [-0.25, -0.2) is 9.59 Å². The number of urea groups is 1. The van der Waals surface area contributed by atoms with Gasteiger partial charge >= 0.3 is 18.4 Å². The number of nitrogens with zero attached hydrogens (tertiary/aromatic N) is 2. The fraction of sp³-hybridized carbons (Fsp3) is 0.261. The lowest BCUT2D eigenvalue weighted by Crippen LogP contribution is -2.47. The minimum absolute atomic E-state index is 0.113. The summed E-state index contributed by atoms with van der Waals surface area (Å²) in [6.07, 6.45) is -2.24. The third-order valence-corrected chi connectivity index (χ3v) is 6.17. The normalized spacial score (nSPS) is 20.9. The Hall–Kier alpha value is -4.22. The SMILES string of the molecule is NC(=O)n1cc(NC(=O)N2[C@@H]3C[C@@H]3C[C@H]2C(=O)Nc2cccc(OC(F)(F)F)c2)c2ccccc21. The van der Waals surface area contributed by atoms with Gasteiger partial charge in [0.25, 0.3) is 0 Å². The Bertz CT molecular complexity index is 1340. The van der Waals surface area contributed by atoms with Gasteiger partial charge in [-0.15, -0.1) is 13.2 Å². The van der Waals surface area contributed by atoms with Gasteiger partial charge in [-0.05, 0) is 37.0 Å². The molecule has 2 fully saturated rings. The van der Waals surface area contributed by atoms with Crippen molar-refractivity contribution in [3.63, 3.8) is 0 Å². The summed E-state index contributed by atoms with van der Waals surface area (Å²) < 4.78 is 42.6. The maximum atomic E-state index is 13.2. The fourth-order valence-corrected chi connectivity index (χ4v) is 4.62. The Kier molecular flexibility index (Phi) is 5.30. The molecule has 1 aliphatic heterocycles. The van der Waals surface area contributed by atoms with E-state index in [1.165, 1.54) is 27.8 Å². The first-order valence-electron chi connectivity index (χ1n) is 10.8. The van der Waals surface area contributed by atoms with E-state index in [1.807, 2.05) is 0 Å². The summed E-state index contributed by atoms with van der Waals surface area (Å²) in [5.41, 5.74) is 6.43. The number of piperidine rings is 1. The standard InChI is InChI=1S/C23H20F3N5O4/c24-23(25,26)35-14-5-3-4-13(10-14)28-20(32)19-9-12-8-18(12)31(19)22(34)29-16-11-30(21(27)33)17-7-2-1-6-15(16)17/h1-7,10-12,18-19H,8-9H2,(H2,27,33)(H,28,32)(H,29,34)/t12-,18-,19+/m1/s1. The van der Waals surface area contributed by atoms with Crippen LogP contribution < -0.4 is 21.1 Å². The number of carbonyl (C=O) groups is 3. The van der Waals surface area contributed by atoms with Crippen molar-refractivity contribution < 1.29 is 32.3 Å². The van der Waals surface area contributed by atoms with Crippen molar-refractivity contribution in [2.24, 2.45) is 11.7 Å². The van der Waals surface area contributed by atoms with Gasteiger partial charge in [0, 0.05) is 29.4 Å². The van der Waals surface area contributed by atoms with Gasteiger partial charge in [0.05, 0.1) is 11.2 Å². The van der Waals surface area contributed by atoms with Crippen LogP contribution in [0.3, 0.4) is 0 Å². The first-order chi connectivity index (χ1) is 16.6. The van der Waals surface area contributed by atoms with Crippen molar-refractivity contribution >= 4 is 40.2 Å². The summed E-state index contributed by atoms with van der Waals surface area (Å²) in [6.45, 7) is 0. The van der Waals surface area contributed by atoms with Crippen molar-refractivity contribution in [3.8, 4) is 5.75 Å². The predicted octanol–water partition coefficient (Wildman–Crippen LogP) is 4.10. The monoisotopic (exact) mass is 487 g/mol. The van der Waals surface area contributed by atoms with Gasteiger partial charge < -0.3 is 26.0 Å². The van der Waals surface area contributed by atoms with Crippen LogP contribution in [-0.4, -0.2) is 45.9 Å². The number of anilines is 2. The highest BCUT2D eigenvalue weighted by Gasteiger charge is 2.56. The molecule has 1 aliphatic carbocycles. The molecule has 0 radical (unpaired) electrons. The van der Waals surface area contributed by atoms with Crippen LogP contribution in [0, 0.1) is 5.92 Å². The number of alkyl halides is 3. The van der Waals surface area contributed by atoms with Crippen LogP contribution in [0.2, 0.25) is 0 Å². The predicted molar refractivity (Wildman–Crippen MR) is 120 cm³/mol. The lowest BCUT2D eigenvalue weighted by molar-refractivity contribution is -0.274. The summed E-state index contributed by atoms with van der Waals surface area (Å²) in [4.78, 5) is 39.4. The number of fused-ring (bicyclic) bond motifs is 2. The third kappa shape index (κ3) is 4.46. The molecule has 0 spiro atoms. The number of halogens is 3. The van der Waals surface area contributed by atoms with Crippen LogP contribution >= 0.6 is 0 Å². The van der Waals surface area contributed by atoms with E-state index in [9.17, 15) is 27.6 Å². The van der Waals surface area contributed by atoms with Crippen molar-refractivity contribution in [2.45, 2.75) is 31.3 Å². The fourth-order valence-electron chi connectivity index (χ4n) is 4.62. The second kappa shape index (κ2) is 8.22. The van der Waals surface area contributed by atoms with Crippen LogP contribution in [0.15, 0.2) is 54.7 Å². The molecule has 182 valence electrons. The van der Waals surface area contributed by atoms with Crippen molar-refractivity contribution in [1.29, 1.82) is 0 Å². The zero-order valence-electron chi connectivity index (χ0n) is 18.1. The topological polar surface area (TPSA) is 119 Å². The number of ether oxygens (including phenoxy) is 1. The first-order valence-corrected chi connectivity index (χ1v) is 10.8. The quantitative estimate of drug-likeness (QED) is 0.513. The van der Waals surface area contributed by atoms with Gasteiger partial charge in [0.2, 0.25) is 5.91 Å². The smallest absolute Gasteiger partial charge is 0.406 e. The molecule has 4 amide bonds. The third-order valence-electron chi connectivity index (χ3n) is 6.17. The van der Waals surface area contributed by atoms with Gasteiger partial charge in [0.15, 0.2) is 0 Å². The van der Waals surface area contributed by atoms with Crippen LogP contribution in [0.5, 0.6) is 5.75 Å². The van der Waals surface area contributed by atoms with E-state index in [2.05, 4.69) is 15.4 Å². The van der Waals surface area contributed by atoms with Gasteiger partial charge in [-0.3, -0.25) is 9.36 Å². The molecule has 3 atom stereocenters. The number of nitrogens with two attached hydrogens (primary N) is 1. The Labute approximate surface area is 196 Å². The molecule has 5 rings (SSSR count). The van der Waals surface area contributed by atoms with Crippen LogP contribution in [-0.2, 0) is 4.79 Å². The van der Waals surface area contributed by atoms with Crippen LogP contribution in [0.4, 0.5) is 34.1 Å². The summed E-state index contributed by atoms with van der Waals surface area (Å²) in [5.74, 6) is -0.815. The number of hydrogen-bond donors (Lipinski definition) is 3. The molecule has 35 heavy (non-hydrogen) atoms. The zero-order valence-corrected chi connectivity index (χ0v) is 18.1. The summed E-state index contributed by atoms with van der Waals surface area (Å²) in [7, 11) is 0. The van der Waals surface area contributed by atoms with Gasteiger partial charge in [-0.2, -0.15) is 0 Å². The molecule has 12 heteroatoms.